The van der Waals surface area contributed by atoms with Crippen molar-refractivity contribution >= 4 is 5.91 Å². The number of allylic oxidation sites excluding steroid dienone is 11. The third-order valence-corrected chi connectivity index (χ3v) is 11.5. The average molecular weight is 872 g/mol. The van der Waals surface area contributed by atoms with E-state index in [9.17, 15) is 30.3 Å². The van der Waals surface area contributed by atoms with Gasteiger partial charge in [-0.15, -0.1) is 0 Å². The molecule has 358 valence electrons. The van der Waals surface area contributed by atoms with Gasteiger partial charge >= 0.3 is 0 Å². The molecule has 6 N–H and O–H groups in total. The van der Waals surface area contributed by atoms with Crippen LogP contribution < -0.4 is 5.32 Å². The summed E-state index contributed by atoms with van der Waals surface area (Å²) in [6, 6.07) is -0.840. The van der Waals surface area contributed by atoms with Gasteiger partial charge in [0.2, 0.25) is 5.91 Å². The monoisotopic (exact) mass is 872 g/mol. The third kappa shape index (κ3) is 32.3. The van der Waals surface area contributed by atoms with Crippen LogP contribution >= 0.6 is 0 Å². The first kappa shape index (κ1) is 57.6. The van der Waals surface area contributed by atoms with Crippen LogP contribution in [0.25, 0.3) is 0 Å². The molecule has 0 aliphatic carbocycles. The Kier molecular flexibility index (Phi) is 39.6. The molecule has 1 rings (SSSR count). The number of carbonyl (C=O) groups excluding carboxylic acids is 1. The zero-order chi connectivity index (χ0) is 45.1. The molecule has 9 heteroatoms. The van der Waals surface area contributed by atoms with Gasteiger partial charge in [0.1, 0.15) is 24.4 Å². The molecule has 1 aliphatic heterocycles. The van der Waals surface area contributed by atoms with Crippen LogP contribution in [0, 0.1) is 0 Å². The van der Waals surface area contributed by atoms with Gasteiger partial charge in [-0.3, -0.25) is 4.79 Å². The summed E-state index contributed by atoms with van der Waals surface area (Å²) in [6.07, 6.45) is 51.0. The number of rotatable bonds is 41. The highest BCUT2D eigenvalue weighted by molar-refractivity contribution is 5.76. The summed E-state index contributed by atoms with van der Waals surface area (Å²) < 4.78 is 11.2. The highest BCUT2D eigenvalue weighted by Gasteiger charge is 2.44. The lowest BCUT2D eigenvalue weighted by atomic mass is 9.99. The Hall–Kier alpha value is -2.37. The van der Waals surface area contributed by atoms with E-state index in [2.05, 4.69) is 79.9 Å². The van der Waals surface area contributed by atoms with Crippen LogP contribution in [0.15, 0.2) is 72.9 Å². The SMILES string of the molecule is CC/C=C\C/C=C\C/C=C\CCCCCCCC(=O)NC(COC1OC(CO)C(O)C(O)C1O)C(O)/C=C/CC/C=C/CC/C=C/CCCCCCCCCCCCCCCC. The molecule has 1 saturated heterocycles. The summed E-state index contributed by atoms with van der Waals surface area (Å²) in [5, 5.41) is 54.2. The molecule has 9 nitrogen and oxygen atoms in total. The van der Waals surface area contributed by atoms with Gasteiger partial charge in [0.25, 0.3) is 0 Å². The Balaban J connectivity index is 2.34. The van der Waals surface area contributed by atoms with Crippen LogP contribution in [-0.2, 0) is 14.3 Å². The lowest BCUT2D eigenvalue weighted by molar-refractivity contribution is -0.302. The maximum atomic E-state index is 13.0. The lowest BCUT2D eigenvalue weighted by Gasteiger charge is -2.40. The number of aliphatic hydroxyl groups is 5. The first-order chi connectivity index (χ1) is 30.3. The summed E-state index contributed by atoms with van der Waals surface area (Å²) in [6.45, 7) is 3.63. The fourth-order valence-electron chi connectivity index (χ4n) is 7.50. The summed E-state index contributed by atoms with van der Waals surface area (Å²) in [7, 11) is 0. The van der Waals surface area contributed by atoms with Gasteiger partial charge < -0.3 is 40.3 Å². The largest absolute Gasteiger partial charge is 0.394 e. The van der Waals surface area contributed by atoms with Gasteiger partial charge in [0, 0.05) is 6.42 Å². The van der Waals surface area contributed by atoms with Crippen molar-refractivity contribution in [1.82, 2.24) is 5.32 Å². The second-order valence-electron chi connectivity index (χ2n) is 17.2. The van der Waals surface area contributed by atoms with Crippen LogP contribution in [0.5, 0.6) is 0 Å². The van der Waals surface area contributed by atoms with Gasteiger partial charge in [0.05, 0.1) is 25.4 Å². The standard InChI is InChI=1S/C53H93NO8/c1-3-5-7-9-11-13-15-17-19-20-21-22-23-24-25-26-27-29-30-32-34-36-38-40-42-47(56)46(45-61-53-52(60)51(59)50(58)48(44-55)62-53)54-49(57)43-41-39-37-35-33-31-28-18-16-14-12-10-8-6-4-2/h6,8,12,14,18,26-28,32,34,40,42,46-48,50-53,55-56,58-60H,3-5,7,9-11,13,15-17,19-25,29-31,33,35-39,41,43-45H2,1-2H3,(H,54,57)/b8-6-,14-12-,27-26+,28-18-,34-32+,42-40+. The smallest absolute Gasteiger partial charge is 0.220 e. The highest BCUT2D eigenvalue weighted by atomic mass is 16.7. The van der Waals surface area contributed by atoms with Crippen molar-refractivity contribution in [3.05, 3.63) is 72.9 Å². The van der Waals surface area contributed by atoms with Gasteiger partial charge in [-0.1, -0.05) is 189 Å². The van der Waals surface area contributed by atoms with Gasteiger partial charge in [-0.25, -0.2) is 0 Å². The molecule has 0 bridgehead atoms. The Morgan fingerprint density at radius 2 is 1.02 bits per heavy atom. The number of nitrogens with one attached hydrogen (secondary N) is 1. The van der Waals surface area contributed by atoms with E-state index < -0.39 is 49.5 Å². The summed E-state index contributed by atoms with van der Waals surface area (Å²) in [5.74, 6) is -0.211. The van der Waals surface area contributed by atoms with Gasteiger partial charge in [-0.2, -0.15) is 0 Å². The number of carbonyl (C=O) groups is 1. The number of amides is 1. The minimum absolute atomic E-state index is 0.211. The molecule has 0 saturated carbocycles. The number of aliphatic hydroxyl groups excluding tert-OH is 5. The average Bonchev–Trinajstić information content (AvgIpc) is 3.27. The fraction of sp³-hybridized carbons (Fsp3) is 0.755. The van der Waals surface area contributed by atoms with Crippen molar-refractivity contribution in [2.75, 3.05) is 13.2 Å². The molecule has 7 unspecified atom stereocenters. The Bertz CT molecular complexity index is 1200. The molecule has 0 aromatic carbocycles. The highest BCUT2D eigenvalue weighted by Crippen LogP contribution is 2.22. The normalized spacial score (nSPS) is 20.9. The van der Waals surface area contributed by atoms with E-state index in [-0.39, 0.29) is 12.5 Å². The number of hydrogen-bond donors (Lipinski definition) is 6. The third-order valence-electron chi connectivity index (χ3n) is 11.5. The maximum Gasteiger partial charge on any atom is 0.220 e. The lowest BCUT2D eigenvalue weighted by Crippen LogP contribution is -2.60. The van der Waals surface area contributed by atoms with E-state index in [1.807, 2.05) is 6.08 Å². The van der Waals surface area contributed by atoms with Crippen LogP contribution in [0.2, 0.25) is 0 Å². The molecule has 0 spiro atoms. The van der Waals surface area contributed by atoms with E-state index in [0.29, 0.717) is 6.42 Å². The molecule has 0 aromatic rings. The molecule has 1 aliphatic rings. The van der Waals surface area contributed by atoms with E-state index in [1.165, 1.54) is 96.3 Å². The molecule has 0 aromatic heterocycles. The van der Waals surface area contributed by atoms with Crippen molar-refractivity contribution in [2.45, 2.75) is 243 Å². The minimum Gasteiger partial charge on any atom is -0.394 e. The van der Waals surface area contributed by atoms with Crippen molar-refractivity contribution in [3.8, 4) is 0 Å². The quantitative estimate of drug-likeness (QED) is 0.0263. The summed E-state index contributed by atoms with van der Waals surface area (Å²) in [4.78, 5) is 13.0. The number of unbranched alkanes of at least 4 members (excludes halogenated alkanes) is 21. The van der Waals surface area contributed by atoms with E-state index in [0.717, 1.165) is 83.5 Å². The van der Waals surface area contributed by atoms with Crippen molar-refractivity contribution in [3.63, 3.8) is 0 Å². The molecular weight excluding hydrogens is 779 g/mol. The van der Waals surface area contributed by atoms with Crippen molar-refractivity contribution in [1.29, 1.82) is 0 Å². The van der Waals surface area contributed by atoms with Crippen LogP contribution in [0.4, 0.5) is 0 Å². The first-order valence-corrected chi connectivity index (χ1v) is 25.2. The van der Waals surface area contributed by atoms with Crippen LogP contribution in [0.1, 0.15) is 200 Å². The second kappa shape index (κ2) is 42.6. The summed E-state index contributed by atoms with van der Waals surface area (Å²) >= 11 is 0. The Morgan fingerprint density at radius 1 is 0.565 bits per heavy atom. The molecule has 0 radical (unpaired) electrons. The van der Waals surface area contributed by atoms with E-state index in [4.69, 9.17) is 9.47 Å². The van der Waals surface area contributed by atoms with Crippen molar-refractivity contribution in [2.24, 2.45) is 0 Å². The van der Waals surface area contributed by atoms with E-state index >= 15 is 0 Å². The first-order valence-electron chi connectivity index (χ1n) is 25.2. The van der Waals surface area contributed by atoms with Gasteiger partial charge in [0.15, 0.2) is 6.29 Å². The molecule has 7 atom stereocenters. The molecule has 62 heavy (non-hydrogen) atoms. The zero-order valence-corrected chi connectivity index (χ0v) is 39.4. The van der Waals surface area contributed by atoms with Gasteiger partial charge in [-0.05, 0) is 77.0 Å². The molecule has 1 heterocycles. The zero-order valence-electron chi connectivity index (χ0n) is 39.4. The molecule has 1 amide bonds. The molecule has 1 fully saturated rings. The topological polar surface area (TPSA) is 149 Å². The predicted molar refractivity (Wildman–Crippen MR) is 258 cm³/mol. The Morgan fingerprint density at radius 3 is 1.55 bits per heavy atom. The predicted octanol–water partition coefficient (Wildman–Crippen LogP) is 11.3. The minimum atomic E-state index is -1.58. The molecular formula is C53H93NO8. The number of ether oxygens (including phenoxy) is 2. The Labute approximate surface area is 378 Å². The summed E-state index contributed by atoms with van der Waals surface area (Å²) in [5.41, 5.74) is 0. The van der Waals surface area contributed by atoms with Crippen LogP contribution in [-0.4, -0.2) is 87.5 Å². The second-order valence-corrected chi connectivity index (χ2v) is 17.2. The van der Waals surface area contributed by atoms with E-state index in [1.54, 1.807) is 6.08 Å². The fourth-order valence-corrected chi connectivity index (χ4v) is 7.50. The van der Waals surface area contributed by atoms with Crippen molar-refractivity contribution < 1.29 is 39.8 Å². The van der Waals surface area contributed by atoms with Crippen LogP contribution in [0.3, 0.4) is 0 Å². The number of hydrogen-bond acceptors (Lipinski definition) is 8. The maximum absolute atomic E-state index is 13.0.